The molecule has 0 aliphatic heterocycles. The van der Waals surface area contributed by atoms with Gasteiger partial charge < -0.3 is 19.4 Å². The summed E-state index contributed by atoms with van der Waals surface area (Å²) in [6.07, 6.45) is 0. The minimum Gasteiger partial charge on any atom is -0.544 e. The van der Waals surface area contributed by atoms with Gasteiger partial charge in [-0.25, -0.2) is 4.79 Å². The van der Waals surface area contributed by atoms with Crippen molar-refractivity contribution in [3.05, 3.63) is 51.2 Å². The van der Waals surface area contributed by atoms with E-state index >= 15 is 0 Å². The van der Waals surface area contributed by atoms with Crippen molar-refractivity contribution in [1.82, 2.24) is 0 Å². The summed E-state index contributed by atoms with van der Waals surface area (Å²) in [5.41, 5.74) is 1.16. The highest BCUT2D eigenvalue weighted by molar-refractivity contribution is 7.13. The first-order valence-corrected chi connectivity index (χ1v) is 8.19. The van der Waals surface area contributed by atoms with Gasteiger partial charge in [0.1, 0.15) is 12.4 Å². The molecule has 24 heavy (non-hydrogen) atoms. The Balaban J connectivity index is 2.13. The molecule has 6 heteroatoms. The maximum absolute atomic E-state index is 12.3. The van der Waals surface area contributed by atoms with Gasteiger partial charge in [-0.1, -0.05) is 20.8 Å². The van der Waals surface area contributed by atoms with Crippen molar-refractivity contribution in [2.75, 3.05) is 7.11 Å². The van der Waals surface area contributed by atoms with E-state index in [1.807, 2.05) is 20.8 Å². The smallest absolute Gasteiger partial charge is 0.338 e. The molecule has 0 atom stereocenters. The largest absolute Gasteiger partial charge is 0.544 e. The molecule has 0 saturated heterocycles. The normalized spacial score (nSPS) is 11.2. The fourth-order valence-electron chi connectivity index (χ4n) is 2.21. The number of carboxylic acids is 1. The van der Waals surface area contributed by atoms with Crippen LogP contribution in [0.4, 0.5) is 0 Å². The molecule has 2 rings (SSSR count). The summed E-state index contributed by atoms with van der Waals surface area (Å²) < 4.78 is 10.6. The van der Waals surface area contributed by atoms with Crippen LogP contribution < -0.4 is 9.84 Å². The number of hydrogen-bond donors (Lipinski definition) is 0. The van der Waals surface area contributed by atoms with Crippen LogP contribution >= 0.6 is 11.3 Å². The summed E-state index contributed by atoms with van der Waals surface area (Å²) in [4.78, 5) is 23.8. The van der Waals surface area contributed by atoms with Crippen molar-refractivity contribution in [3.63, 3.8) is 0 Å². The zero-order valence-electron chi connectivity index (χ0n) is 14.0. The maximum atomic E-state index is 12.3. The second kappa shape index (κ2) is 7.05. The van der Waals surface area contributed by atoms with Crippen LogP contribution in [0.5, 0.6) is 5.75 Å². The topological polar surface area (TPSA) is 75.7 Å². The molecular weight excluding hydrogens is 328 g/mol. The third-order valence-electron chi connectivity index (χ3n) is 3.45. The average Bonchev–Trinajstić information content (AvgIpc) is 3.00. The summed E-state index contributed by atoms with van der Waals surface area (Å²) in [6, 6.07) is 8.21. The summed E-state index contributed by atoms with van der Waals surface area (Å²) in [5.74, 6) is -0.981. The number of benzene rings is 1. The monoisotopic (exact) mass is 347 g/mol. The van der Waals surface area contributed by atoms with Gasteiger partial charge in [0, 0.05) is 10.4 Å². The number of ether oxygens (including phenoxy) is 2. The van der Waals surface area contributed by atoms with E-state index in [2.05, 4.69) is 0 Å². The molecule has 0 aliphatic carbocycles. The highest BCUT2D eigenvalue weighted by Gasteiger charge is 2.21. The lowest BCUT2D eigenvalue weighted by atomic mass is 9.85. The minimum atomic E-state index is -1.23. The van der Waals surface area contributed by atoms with Gasteiger partial charge >= 0.3 is 5.97 Å². The standard InChI is InChI=1S/C18H20O5S/c1-18(2,3)13-9-11(5-7-14(13)22-4)17(21)23-10-12-6-8-15(24-12)16(19)20/h5-9H,10H2,1-4H3,(H,19,20)/p-1. The Labute approximate surface area is 144 Å². The third-order valence-corrected chi connectivity index (χ3v) is 4.49. The summed E-state index contributed by atoms with van der Waals surface area (Å²) in [5, 5.41) is 10.7. The van der Waals surface area contributed by atoms with E-state index in [-0.39, 0.29) is 16.9 Å². The van der Waals surface area contributed by atoms with Gasteiger partial charge in [0.2, 0.25) is 0 Å². The van der Waals surface area contributed by atoms with E-state index in [0.29, 0.717) is 10.4 Å². The highest BCUT2D eigenvalue weighted by atomic mass is 32.1. The molecule has 0 aliphatic rings. The third kappa shape index (κ3) is 4.14. The number of rotatable bonds is 5. The van der Waals surface area contributed by atoms with Crippen LogP contribution in [0.25, 0.3) is 0 Å². The Bertz CT molecular complexity index is 755. The van der Waals surface area contributed by atoms with E-state index < -0.39 is 11.9 Å². The molecule has 1 aromatic heterocycles. The van der Waals surface area contributed by atoms with Gasteiger partial charge in [0.25, 0.3) is 0 Å². The first kappa shape index (κ1) is 18.0. The molecule has 1 aromatic carbocycles. The lowest BCUT2D eigenvalue weighted by molar-refractivity contribution is -0.254. The van der Waals surface area contributed by atoms with Crippen LogP contribution in [0.15, 0.2) is 30.3 Å². The number of thiophene rings is 1. The van der Waals surface area contributed by atoms with E-state index in [9.17, 15) is 14.7 Å². The van der Waals surface area contributed by atoms with Crippen molar-refractivity contribution in [2.45, 2.75) is 32.8 Å². The number of aromatic carboxylic acids is 1. The van der Waals surface area contributed by atoms with Gasteiger partial charge in [-0.2, -0.15) is 0 Å². The fourth-order valence-corrected chi connectivity index (χ4v) is 2.96. The minimum absolute atomic E-state index is 0.0215. The number of carboxylic acid groups (broad SMARTS) is 1. The quantitative estimate of drug-likeness (QED) is 0.778. The van der Waals surface area contributed by atoms with Crippen LogP contribution in [0, 0.1) is 0 Å². The predicted molar refractivity (Wildman–Crippen MR) is 89.5 cm³/mol. The fraction of sp³-hybridized carbons (Fsp3) is 0.333. The van der Waals surface area contributed by atoms with Crippen LogP contribution in [0.3, 0.4) is 0 Å². The molecule has 0 radical (unpaired) electrons. The van der Waals surface area contributed by atoms with Gasteiger partial charge in [-0.05, 0) is 35.7 Å². The van der Waals surface area contributed by atoms with E-state index in [1.165, 1.54) is 6.07 Å². The molecule has 0 bridgehead atoms. The lowest BCUT2D eigenvalue weighted by Gasteiger charge is -2.22. The zero-order chi connectivity index (χ0) is 17.9. The van der Waals surface area contributed by atoms with Gasteiger partial charge in [0.15, 0.2) is 0 Å². The van der Waals surface area contributed by atoms with Crippen LogP contribution in [0.2, 0.25) is 0 Å². The van der Waals surface area contributed by atoms with Crippen LogP contribution in [-0.2, 0) is 16.8 Å². The molecule has 0 fully saturated rings. The zero-order valence-corrected chi connectivity index (χ0v) is 14.9. The molecule has 1 heterocycles. The maximum Gasteiger partial charge on any atom is 0.338 e. The molecule has 0 spiro atoms. The Hall–Kier alpha value is -2.34. The second-order valence-corrected chi connectivity index (χ2v) is 7.46. The Kier molecular flexibility index (Phi) is 5.29. The molecule has 128 valence electrons. The van der Waals surface area contributed by atoms with E-state index in [4.69, 9.17) is 9.47 Å². The summed E-state index contributed by atoms with van der Waals surface area (Å²) in [7, 11) is 1.59. The molecule has 0 saturated carbocycles. The van der Waals surface area contributed by atoms with Gasteiger partial charge in [0.05, 0.1) is 23.5 Å². The van der Waals surface area contributed by atoms with Crippen molar-refractivity contribution < 1.29 is 24.2 Å². The van der Waals surface area contributed by atoms with Crippen molar-refractivity contribution in [3.8, 4) is 5.75 Å². The van der Waals surface area contributed by atoms with E-state index in [0.717, 1.165) is 22.6 Å². The molecule has 0 unspecified atom stereocenters. The SMILES string of the molecule is COc1ccc(C(=O)OCc2ccc(C(=O)[O-])s2)cc1C(C)(C)C. The Morgan fingerprint density at radius 3 is 2.42 bits per heavy atom. The molecule has 0 amide bonds. The van der Waals surface area contributed by atoms with Gasteiger partial charge in [-0.3, -0.25) is 0 Å². The Morgan fingerprint density at radius 2 is 1.88 bits per heavy atom. The van der Waals surface area contributed by atoms with Gasteiger partial charge in [-0.15, -0.1) is 11.3 Å². The first-order valence-electron chi connectivity index (χ1n) is 7.38. The first-order chi connectivity index (χ1) is 11.2. The van der Waals surface area contributed by atoms with Crippen molar-refractivity contribution in [1.29, 1.82) is 0 Å². The summed E-state index contributed by atoms with van der Waals surface area (Å²) >= 11 is 1.03. The number of carbonyl (C=O) groups excluding carboxylic acids is 2. The summed E-state index contributed by atoms with van der Waals surface area (Å²) in [6.45, 7) is 6.13. The van der Waals surface area contributed by atoms with E-state index in [1.54, 1.807) is 31.4 Å². The predicted octanol–water partition coefficient (Wildman–Crippen LogP) is 2.77. The highest BCUT2D eigenvalue weighted by Crippen LogP contribution is 2.32. The molecule has 0 N–H and O–H groups in total. The number of esters is 1. The number of hydrogen-bond acceptors (Lipinski definition) is 6. The average molecular weight is 347 g/mol. The molecule has 2 aromatic rings. The number of methoxy groups -OCH3 is 1. The van der Waals surface area contributed by atoms with Crippen LogP contribution in [0.1, 0.15) is 51.2 Å². The van der Waals surface area contributed by atoms with Crippen LogP contribution in [-0.4, -0.2) is 19.0 Å². The van der Waals surface area contributed by atoms with Crippen molar-refractivity contribution in [2.24, 2.45) is 0 Å². The second-order valence-electron chi connectivity index (χ2n) is 6.29. The lowest BCUT2D eigenvalue weighted by Crippen LogP contribution is -2.20. The number of carbonyl (C=O) groups is 2. The Morgan fingerprint density at radius 1 is 1.17 bits per heavy atom. The molecular formula is C18H19O5S-. The van der Waals surface area contributed by atoms with Crippen molar-refractivity contribution >= 4 is 23.3 Å². The molecule has 5 nitrogen and oxygen atoms in total.